The van der Waals surface area contributed by atoms with E-state index >= 15 is 0 Å². The highest BCUT2D eigenvalue weighted by molar-refractivity contribution is 8.00. The summed E-state index contributed by atoms with van der Waals surface area (Å²) in [5.41, 5.74) is 1.99. The van der Waals surface area contributed by atoms with E-state index in [1.54, 1.807) is 12.4 Å². The number of fused-ring (bicyclic) bond motifs is 1. The Morgan fingerprint density at radius 3 is 2.79 bits per heavy atom. The standard InChI is InChI=1S/C21H23N5OS2/c1-3-25-20(16-8-11-22-12-9-16)23-24-21(25)28-14-19(27)26-13-10-15(2)29-18-7-5-4-6-17(18)26/h4-9,11-12,15H,3,10,13-14H2,1-2H3/t15-/m0/s1. The third kappa shape index (κ3) is 4.33. The second-order valence-corrected chi connectivity index (χ2v) is 9.23. The highest BCUT2D eigenvalue weighted by atomic mass is 32.2. The van der Waals surface area contributed by atoms with Gasteiger partial charge in [-0.05, 0) is 37.6 Å². The number of para-hydroxylation sites is 1. The van der Waals surface area contributed by atoms with Gasteiger partial charge in [0.05, 0.1) is 11.4 Å². The third-order valence-corrected chi connectivity index (χ3v) is 7.03. The molecule has 0 radical (unpaired) electrons. The summed E-state index contributed by atoms with van der Waals surface area (Å²) < 4.78 is 2.04. The lowest BCUT2D eigenvalue weighted by molar-refractivity contribution is -0.116. The average Bonchev–Trinajstić information content (AvgIpc) is 3.08. The lowest BCUT2D eigenvalue weighted by atomic mass is 10.2. The van der Waals surface area contributed by atoms with Crippen molar-refractivity contribution in [2.45, 2.75) is 42.1 Å². The molecule has 1 amide bonds. The second kappa shape index (κ2) is 9.00. The SMILES string of the molecule is CCn1c(SCC(=O)N2CC[C@H](C)Sc3ccccc32)nnc1-c1ccncc1. The maximum Gasteiger partial charge on any atom is 0.237 e. The number of benzene rings is 1. The lowest BCUT2D eigenvalue weighted by Crippen LogP contribution is -2.33. The Kier molecular flexibility index (Phi) is 6.20. The van der Waals surface area contributed by atoms with Gasteiger partial charge in [0.2, 0.25) is 5.91 Å². The van der Waals surface area contributed by atoms with Gasteiger partial charge in [-0.3, -0.25) is 9.78 Å². The molecule has 0 bridgehead atoms. The number of hydrogen-bond donors (Lipinski definition) is 0. The molecular weight excluding hydrogens is 402 g/mol. The van der Waals surface area contributed by atoms with Crippen molar-refractivity contribution in [3.63, 3.8) is 0 Å². The van der Waals surface area contributed by atoms with Crippen LogP contribution in [0, 0.1) is 0 Å². The number of amides is 1. The van der Waals surface area contributed by atoms with Crippen LogP contribution in [0.25, 0.3) is 11.4 Å². The molecule has 0 aliphatic carbocycles. The van der Waals surface area contributed by atoms with Crippen LogP contribution in [0.4, 0.5) is 5.69 Å². The van der Waals surface area contributed by atoms with Crippen LogP contribution >= 0.6 is 23.5 Å². The fraction of sp³-hybridized carbons (Fsp3) is 0.333. The summed E-state index contributed by atoms with van der Waals surface area (Å²) in [6.45, 7) is 5.76. The summed E-state index contributed by atoms with van der Waals surface area (Å²) in [5, 5.41) is 9.94. The molecule has 8 heteroatoms. The van der Waals surface area contributed by atoms with E-state index < -0.39 is 0 Å². The van der Waals surface area contributed by atoms with Crippen LogP contribution in [-0.2, 0) is 11.3 Å². The summed E-state index contributed by atoms with van der Waals surface area (Å²) in [7, 11) is 0. The first-order valence-corrected chi connectivity index (χ1v) is 11.6. The Balaban J connectivity index is 1.51. The summed E-state index contributed by atoms with van der Waals surface area (Å²) in [6.07, 6.45) is 4.47. The normalized spacial score (nSPS) is 16.3. The quantitative estimate of drug-likeness (QED) is 0.566. The first-order valence-electron chi connectivity index (χ1n) is 9.69. The van der Waals surface area contributed by atoms with Crippen molar-refractivity contribution in [1.82, 2.24) is 19.7 Å². The molecule has 4 rings (SSSR count). The van der Waals surface area contributed by atoms with E-state index in [0.29, 0.717) is 11.0 Å². The van der Waals surface area contributed by atoms with Crippen LogP contribution < -0.4 is 4.90 Å². The number of carbonyl (C=O) groups excluding carboxylic acids is 1. The Labute approximate surface area is 179 Å². The molecule has 0 saturated carbocycles. The van der Waals surface area contributed by atoms with Gasteiger partial charge in [0, 0.05) is 41.2 Å². The highest BCUT2D eigenvalue weighted by Crippen LogP contribution is 2.37. The first kappa shape index (κ1) is 20.0. The monoisotopic (exact) mass is 425 g/mol. The Hall–Kier alpha value is -2.32. The number of pyridine rings is 1. The zero-order valence-corrected chi connectivity index (χ0v) is 18.1. The van der Waals surface area contributed by atoms with Crippen LogP contribution in [0.1, 0.15) is 20.3 Å². The van der Waals surface area contributed by atoms with Gasteiger partial charge in [-0.1, -0.05) is 30.8 Å². The Morgan fingerprint density at radius 2 is 2.00 bits per heavy atom. The van der Waals surface area contributed by atoms with Crippen molar-refractivity contribution < 1.29 is 4.79 Å². The molecule has 1 aliphatic heterocycles. The molecule has 150 valence electrons. The lowest BCUT2D eigenvalue weighted by Gasteiger charge is -2.22. The maximum atomic E-state index is 13.1. The van der Waals surface area contributed by atoms with Crippen molar-refractivity contribution in [2.75, 3.05) is 17.2 Å². The highest BCUT2D eigenvalue weighted by Gasteiger charge is 2.24. The van der Waals surface area contributed by atoms with E-state index in [1.165, 1.54) is 16.7 Å². The van der Waals surface area contributed by atoms with Crippen molar-refractivity contribution >= 4 is 35.1 Å². The number of carbonyl (C=O) groups is 1. The third-order valence-electron chi connectivity index (χ3n) is 4.84. The number of aromatic nitrogens is 4. The number of nitrogens with zero attached hydrogens (tertiary/aromatic N) is 5. The molecule has 1 aromatic carbocycles. The van der Waals surface area contributed by atoms with Crippen molar-refractivity contribution in [3.05, 3.63) is 48.8 Å². The molecule has 6 nitrogen and oxygen atoms in total. The van der Waals surface area contributed by atoms with E-state index in [2.05, 4.69) is 35.1 Å². The smallest absolute Gasteiger partial charge is 0.237 e. The van der Waals surface area contributed by atoms with E-state index in [4.69, 9.17) is 0 Å². The van der Waals surface area contributed by atoms with Gasteiger partial charge < -0.3 is 9.47 Å². The van der Waals surface area contributed by atoms with Crippen LogP contribution in [0.3, 0.4) is 0 Å². The minimum atomic E-state index is 0.105. The van der Waals surface area contributed by atoms with Crippen LogP contribution in [0.2, 0.25) is 0 Å². The molecule has 0 fully saturated rings. The number of rotatable bonds is 5. The molecule has 0 spiro atoms. The summed E-state index contributed by atoms with van der Waals surface area (Å²) in [4.78, 5) is 20.3. The molecule has 3 heterocycles. The van der Waals surface area contributed by atoms with Crippen molar-refractivity contribution in [1.29, 1.82) is 0 Å². The first-order chi connectivity index (χ1) is 14.2. The minimum Gasteiger partial charge on any atom is -0.311 e. The molecule has 2 aromatic heterocycles. The maximum absolute atomic E-state index is 13.1. The molecule has 0 unspecified atom stereocenters. The van der Waals surface area contributed by atoms with Crippen LogP contribution in [0.5, 0.6) is 0 Å². The van der Waals surface area contributed by atoms with E-state index in [1.807, 2.05) is 51.6 Å². The molecule has 0 saturated heterocycles. The molecule has 1 atom stereocenters. The zero-order valence-electron chi connectivity index (χ0n) is 16.5. The molecule has 1 aliphatic rings. The van der Waals surface area contributed by atoms with E-state index in [0.717, 1.165) is 41.7 Å². The van der Waals surface area contributed by atoms with E-state index in [-0.39, 0.29) is 5.91 Å². The predicted octanol–water partition coefficient (Wildman–Crippen LogP) is 4.37. The predicted molar refractivity (Wildman–Crippen MR) is 118 cm³/mol. The minimum absolute atomic E-state index is 0.105. The Morgan fingerprint density at radius 1 is 1.21 bits per heavy atom. The van der Waals surface area contributed by atoms with Crippen LogP contribution in [0.15, 0.2) is 58.8 Å². The summed E-state index contributed by atoms with van der Waals surface area (Å²) in [6, 6.07) is 12.0. The fourth-order valence-electron chi connectivity index (χ4n) is 3.35. The fourth-order valence-corrected chi connectivity index (χ4v) is 5.34. The average molecular weight is 426 g/mol. The second-order valence-electron chi connectivity index (χ2n) is 6.81. The van der Waals surface area contributed by atoms with Crippen molar-refractivity contribution in [2.24, 2.45) is 0 Å². The summed E-state index contributed by atoms with van der Waals surface area (Å²) in [5.74, 6) is 1.24. The van der Waals surface area contributed by atoms with Gasteiger partial charge in [0.15, 0.2) is 11.0 Å². The van der Waals surface area contributed by atoms with Gasteiger partial charge in [-0.2, -0.15) is 0 Å². The number of hydrogen-bond acceptors (Lipinski definition) is 6. The van der Waals surface area contributed by atoms with Gasteiger partial charge >= 0.3 is 0 Å². The number of anilines is 1. The molecule has 29 heavy (non-hydrogen) atoms. The van der Waals surface area contributed by atoms with Crippen molar-refractivity contribution in [3.8, 4) is 11.4 Å². The van der Waals surface area contributed by atoms with Gasteiger partial charge in [-0.15, -0.1) is 22.0 Å². The van der Waals surface area contributed by atoms with Gasteiger partial charge in [-0.25, -0.2) is 0 Å². The van der Waals surface area contributed by atoms with Gasteiger partial charge in [0.1, 0.15) is 0 Å². The molecule has 0 N–H and O–H groups in total. The number of thioether (sulfide) groups is 2. The van der Waals surface area contributed by atoms with Gasteiger partial charge in [0.25, 0.3) is 0 Å². The summed E-state index contributed by atoms with van der Waals surface area (Å²) >= 11 is 3.29. The Bertz CT molecular complexity index is 992. The largest absolute Gasteiger partial charge is 0.311 e. The topological polar surface area (TPSA) is 63.9 Å². The van der Waals surface area contributed by atoms with Crippen LogP contribution in [-0.4, -0.2) is 43.2 Å². The molecular formula is C21H23N5OS2. The van der Waals surface area contributed by atoms with E-state index in [9.17, 15) is 4.79 Å². The zero-order chi connectivity index (χ0) is 20.2. The molecule has 3 aromatic rings.